The summed E-state index contributed by atoms with van der Waals surface area (Å²) in [6.07, 6.45) is 0. The molecule has 1 aromatic carbocycles. The first-order chi connectivity index (χ1) is 10.0. The smallest absolute Gasteiger partial charge is 0.193 e. The summed E-state index contributed by atoms with van der Waals surface area (Å²) in [5.74, 6) is 0.889. The van der Waals surface area contributed by atoms with Crippen molar-refractivity contribution in [3.63, 3.8) is 0 Å². The highest BCUT2D eigenvalue weighted by Gasteiger charge is 2.01. The molecule has 0 spiro atoms. The quantitative estimate of drug-likeness (QED) is 0.454. The number of aliphatic imine (C=N–C) groups is 1. The average molecular weight is 410 g/mol. The maximum Gasteiger partial charge on any atom is 0.193 e. The number of halogens is 1. The van der Waals surface area contributed by atoms with Gasteiger partial charge in [0, 0.05) is 11.4 Å². The van der Waals surface area contributed by atoms with Crippen LogP contribution in [0.3, 0.4) is 0 Å². The maximum atomic E-state index is 5.93. The molecule has 2 aromatic rings. The SMILES string of the molecule is Cc1cccc(CN=C(N)Nc2cccc(C(C)C)c2)n1.I. The van der Waals surface area contributed by atoms with Crippen LogP contribution in [0, 0.1) is 6.92 Å². The maximum absolute atomic E-state index is 5.93. The number of anilines is 1. The van der Waals surface area contributed by atoms with Gasteiger partial charge in [-0.1, -0.05) is 32.0 Å². The van der Waals surface area contributed by atoms with E-state index in [1.807, 2.05) is 37.3 Å². The van der Waals surface area contributed by atoms with Crippen molar-refractivity contribution in [2.24, 2.45) is 10.7 Å². The van der Waals surface area contributed by atoms with Gasteiger partial charge in [-0.05, 0) is 42.7 Å². The van der Waals surface area contributed by atoms with Crippen molar-refractivity contribution in [1.82, 2.24) is 4.98 Å². The Morgan fingerprint density at radius 1 is 1.23 bits per heavy atom. The number of guanidine groups is 1. The van der Waals surface area contributed by atoms with Gasteiger partial charge in [0.25, 0.3) is 0 Å². The predicted molar refractivity (Wildman–Crippen MR) is 104 cm³/mol. The second kappa shape index (κ2) is 8.73. The number of rotatable bonds is 4. The van der Waals surface area contributed by atoms with Crippen molar-refractivity contribution in [2.45, 2.75) is 33.2 Å². The van der Waals surface area contributed by atoms with Gasteiger partial charge in [0.2, 0.25) is 0 Å². The molecule has 0 fully saturated rings. The first-order valence-electron chi connectivity index (χ1n) is 7.14. The van der Waals surface area contributed by atoms with Gasteiger partial charge < -0.3 is 11.1 Å². The Bertz CT molecular complexity index is 638. The molecule has 118 valence electrons. The Balaban J connectivity index is 0.00000242. The van der Waals surface area contributed by atoms with Crippen LogP contribution >= 0.6 is 24.0 Å². The largest absolute Gasteiger partial charge is 0.370 e. The molecule has 1 aromatic heterocycles. The summed E-state index contributed by atoms with van der Waals surface area (Å²) in [7, 11) is 0. The third-order valence-electron chi connectivity index (χ3n) is 3.18. The van der Waals surface area contributed by atoms with Crippen LogP contribution in [0.25, 0.3) is 0 Å². The molecule has 3 N–H and O–H groups in total. The van der Waals surface area contributed by atoms with E-state index in [-0.39, 0.29) is 24.0 Å². The first-order valence-corrected chi connectivity index (χ1v) is 7.14. The second-order valence-electron chi connectivity index (χ2n) is 5.38. The highest BCUT2D eigenvalue weighted by Crippen LogP contribution is 2.18. The first kappa shape index (κ1) is 18.4. The summed E-state index contributed by atoms with van der Waals surface area (Å²) in [5, 5.41) is 3.12. The number of hydrogen-bond acceptors (Lipinski definition) is 2. The number of pyridine rings is 1. The Morgan fingerprint density at radius 2 is 1.95 bits per heavy atom. The fraction of sp³-hybridized carbons (Fsp3) is 0.294. The van der Waals surface area contributed by atoms with E-state index in [0.29, 0.717) is 18.4 Å². The second-order valence-corrected chi connectivity index (χ2v) is 5.38. The summed E-state index contributed by atoms with van der Waals surface area (Å²) in [4.78, 5) is 8.73. The minimum atomic E-state index is 0. The summed E-state index contributed by atoms with van der Waals surface area (Å²) in [6, 6.07) is 14.1. The molecular weight excluding hydrogens is 387 g/mol. The number of aromatic nitrogens is 1. The van der Waals surface area contributed by atoms with E-state index in [1.165, 1.54) is 5.56 Å². The van der Waals surface area contributed by atoms with Gasteiger partial charge in [-0.2, -0.15) is 0 Å². The van der Waals surface area contributed by atoms with Crippen LogP contribution in [0.5, 0.6) is 0 Å². The zero-order valence-electron chi connectivity index (χ0n) is 13.2. The lowest BCUT2D eigenvalue weighted by Crippen LogP contribution is -2.22. The predicted octanol–water partition coefficient (Wildman–Crippen LogP) is 4.06. The van der Waals surface area contributed by atoms with Crippen molar-refractivity contribution in [1.29, 1.82) is 0 Å². The molecule has 0 aliphatic carbocycles. The van der Waals surface area contributed by atoms with E-state index in [0.717, 1.165) is 17.1 Å². The van der Waals surface area contributed by atoms with Crippen molar-refractivity contribution < 1.29 is 0 Å². The Morgan fingerprint density at radius 3 is 2.64 bits per heavy atom. The number of hydrogen-bond donors (Lipinski definition) is 2. The Hall–Kier alpha value is -1.63. The average Bonchev–Trinajstić information content (AvgIpc) is 2.45. The van der Waals surface area contributed by atoms with Crippen LogP contribution in [0.2, 0.25) is 0 Å². The summed E-state index contributed by atoms with van der Waals surface area (Å²) in [6.45, 7) is 6.77. The molecule has 0 saturated carbocycles. The van der Waals surface area contributed by atoms with E-state index < -0.39 is 0 Å². The van der Waals surface area contributed by atoms with Crippen LogP contribution < -0.4 is 11.1 Å². The molecule has 2 rings (SSSR count). The van der Waals surface area contributed by atoms with Crippen molar-refractivity contribution in [2.75, 3.05) is 5.32 Å². The van der Waals surface area contributed by atoms with Gasteiger partial charge in [0.1, 0.15) is 0 Å². The van der Waals surface area contributed by atoms with Crippen LogP contribution in [0.1, 0.15) is 36.7 Å². The van der Waals surface area contributed by atoms with Crippen LogP contribution in [-0.4, -0.2) is 10.9 Å². The monoisotopic (exact) mass is 410 g/mol. The molecular formula is C17H23IN4. The Labute approximate surface area is 149 Å². The minimum absolute atomic E-state index is 0. The molecule has 4 nitrogen and oxygen atoms in total. The molecule has 0 amide bonds. The number of nitrogens with two attached hydrogens (primary N) is 1. The van der Waals surface area contributed by atoms with Crippen molar-refractivity contribution in [3.8, 4) is 0 Å². The molecule has 1 heterocycles. The van der Waals surface area contributed by atoms with Gasteiger partial charge in [-0.25, -0.2) is 4.99 Å². The van der Waals surface area contributed by atoms with Gasteiger partial charge in [0.15, 0.2) is 5.96 Å². The number of nitrogens with one attached hydrogen (secondary N) is 1. The van der Waals surface area contributed by atoms with Gasteiger partial charge in [-0.3, -0.25) is 4.98 Å². The number of aryl methyl sites for hydroxylation is 1. The van der Waals surface area contributed by atoms with Crippen molar-refractivity contribution in [3.05, 3.63) is 59.4 Å². The lowest BCUT2D eigenvalue weighted by molar-refractivity contribution is 0.867. The topological polar surface area (TPSA) is 63.3 Å². The lowest BCUT2D eigenvalue weighted by Gasteiger charge is -2.10. The molecule has 0 unspecified atom stereocenters. The van der Waals surface area contributed by atoms with Gasteiger partial charge in [0.05, 0.1) is 12.2 Å². The lowest BCUT2D eigenvalue weighted by atomic mass is 10.0. The molecule has 0 aliphatic heterocycles. The highest BCUT2D eigenvalue weighted by atomic mass is 127. The van der Waals surface area contributed by atoms with E-state index in [1.54, 1.807) is 0 Å². The Kier molecular flexibility index (Phi) is 7.31. The van der Waals surface area contributed by atoms with E-state index in [2.05, 4.69) is 41.3 Å². The standard InChI is InChI=1S/C17H22N4.HI/c1-12(2)14-7-5-8-15(10-14)21-17(18)19-11-16-9-4-6-13(3)20-16;/h4-10,12H,11H2,1-3H3,(H3,18,19,21);1H. The molecule has 0 atom stereocenters. The van der Waals surface area contributed by atoms with E-state index in [4.69, 9.17) is 5.73 Å². The molecule has 5 heteroatoms. The minimum Gasteiger partial charge on any atom is -0.370 e. The molecule has 0 saturated heterocycles. The zero-order chi connectivity index (χ0) is 15.2. The summed E-state index contributed by atoms with van der Waals surface area (Å²) < 4.78 is 0. The van der Waals surface area contributed by atoms with Crippen LogP contribution in [0.15, 0.2) is 47.5 Å². The van der Waals surface area contributed by atoms with Crippen LogP contribution in [0.4, 0.5) is 5.69 Å². The highest BCUT2D eigenvalue weighted by molar-refractivity contribution is 14.0. The summed E-state index contributed by atoms with van der Waals surface area (Å²) in [5.41, 5.74) is 10.1. The van der Waals surface area contributed by atoms with Gasteiger partial charge in [-0.15, -0.1) is 24.0 Å². The zero-order valence-corrected chi connectivity index (χ0v) is 15.5. The van der Waals surface area contributed by atoms with Crippen molar-refractivity contribution >= 4 is 35.6 Å². The molecule has 0 radical (unpaired) electrons. The fourth-order valence-corrected chi connectivity index (χ4v) is 2.02. The summed E-state index contributed by atoms with van der Waals surface area (Å²) >= 11 is 0. The fourth-order valence-electron chi connectivity index (χ4n) is 2.02. The molecule has 0 bridgehead atoms. The van der Waals surface area contributed by atoms with Gasteiger partial charge >= 0.3 is 0 Å². The number of benzene rings is 1. The molecule has 22 heavy (non-hydrogen) atoms. The van der Waals surface area contributed by atoms with Crippen LogP contribution in [-0.2, 0) is 6.54 Å². The molecule has 0 aliphatic rings. The van der Waals surface area contributed by atoms with E-state index in [9.17, 15) is 0 Å². The third kappa shape index (κ3) is 5.63. The normalized spacial score (nSPS) is 11.2. The van der Waals surface area contributed by atoms with E-state index >= 15 is 0 Å². The third-order valence-corrected chi connectivity index (χ3v) is 3.18. The number of nitrogens with zero attached hydrogens (tertiary/aromatic N) is 2.